The van der Waals surface area contributed by atoms with E-state index in [0.717, 1.165) is 25.0 Å². The topological polar surface area (TPSA) is 44.0 Å². The van der Waals surface area contributed by atoms with Gasteiger partial charge in [0.2, 0.25) is 0 Å². The van der Waals surface area contributed by atoms with Crippen LogP contribution in [0.4, 0.5) is 0 Å². The standard InChI is InChI=1S/C16H28N4.ClH/c1-16(2,3)15-13(10-18-19-15)9-17-8-12-6-7-20(11-12)14-4-5-14;/h10,12,14,17H,4-9,11H2,1-3H3,(H,18,19);1H. The minimum atomic E-state index is 0. The van der Waals surface area contributed by atoms with Crippen molar-refractivity contribution in [3.05, 3.63) is 17.5 Å². The lowest BCUT2D eigenvalue weighted by atomic mass is 9.89. The number of likely N-dealkylation sites (tertiary alicyclic amines) is 1. The number of aromatic nitrogens is 2. The summed E-state index contributed by atoms with van der Waals surface area (Å²) in [6, 6.07) is 0.932. The Bertz CT molecular complexity index is 447. The zero-order chi connectivity index (χ0) is 14.2. The van der Waals surface area contributed by atoms with E-state index in [9.17, 15) is 0 Å². The summed E-state index contributed by atoms with van der Waals surface area (Å²) in [5, 5.41) is 11.0. The molecule has 2 aliphatic rings. The first-order valence-electron chi connectivity index (χ1n) is 8.01. The van der Waals surface area contributed by atoms with Crippen LogP contribution in [0.25, 0.3) is 0 Å². The normalized spacial score (nSPS) is 23.3. The molecule has 2 N–H and O–H groups in total. The molecule has 1 aliphatic carbocycles. The maximum atomic E-state index is 4.21. The number of rotatable bonds is 5. The number of nitrogens with one attached hydrogen (secondary N) is 2. The lowest BCUT2D eigenvalue weighted by Gasteiger charge is -2.19. The molecular formula is C16H29ClN4. The third-order valence-corrected chi connectivity index (χ3v) is 4.60. The van der Waals surface area contributed by atoms with Crippen LogP contribution in [-0.2, 0) is 12.0 Å². The summed E-state index contributed by atoms with van der Waals surface area (Å²) < 4.78 is 0. The van der Waals surface area contributed by atoms with E-state index in [1.54, 1.807) is 0 Å². The molecular weight excluding hydrogens is 284 g/mol. The molecule has 3 rings (SSSR count). The Balaban J connectivity index is 0.00000161. The van der Waals surface area contributed by atoms with Gasteiger partial charge >= 0.3 is 0 Å². The molecule has 0 spiro atoms. The fourth-order valence-electron chi connectivity index (χ4n) is 3.31. The van der Waals surface area contributed by atoms with Gasteiger partial charge in [0, 0.05) is 35.8 Å². The van der Waals surface area contributed by atoms with Crippen molar-refractivity contribution >= 4 is 12.4 Å². The smallest absolute Gasteiger partial charge is 0.0535 e. The Kier molecular flexibility index (Phi) is 5.33. The molecule has 1 aromatic rings. The fourth-order valence-corrected chi connectivity index (χ4v) is 3.31. The van der Waals surface area contributed by atoms with Crippen molar-refractivity contribution in [3.63, 3.8) is 0 Å². The van der Waals surface area contributed by atoms with E-state index in [2.05, 4.69) is 41.2 Å². The summed E-state index contributed by atoms with van der Waals surface area (Å²) in [4.78, 5) is 2.69. The number of halogens is 1. The lowest BCUT2D eigenvalue weighted by molar-refractivity contribution is 0.311. The minimum absolute atomic E-state index is 0. The van der Waals surface area contributed by atoms with Gasteiger partial charge in [0.05, 0.1) is 6.20 Å². The molecule has 1 saturated heterocycles. The predicted octanol–water partition coefficient (Wildman–Crippen LogP) is 2.70. The van der Waals surface area contributed by atoms with E-state index < -0.39 is 0 Å². The first kappa shape index (κ1) is 16.8. The highest BCUT2D eigenvalue weighted by Crippen LogP contribution is 2.31. The van der Waals surface area contributed by atoms with Crippen LogP contribution in [0.2, 0.25) is 0 Å². The monoisotopic (exact) mass is 312 g/mol. The number of hydrogen-bond donors (Lipinski definition) is 2. The van der Waals surface area contributed by atoms with E-state index in [-0.39, 0.29) is 17.8 Å². The van der Waals surface area contributed by atoms with Crippen molar-refractivity contribution in [1.82, 2.24) is 20.4 Å². The molecule has 1 atom stereocenters. The van der Waals surface area contributed by atoms with Gasteiger partial charge < -0.3 is 10.2 Å². The molecule has 21 heavy (non-hydrogen) atoms. The summed E-state index contributed by atoms with van der Waals surface area (Å²) in [6.45, 7) is 11.4. The van der Waals surface area contributed by atoms with E-state index in [1.807, 2.05) is 6.20 Å². The second-order valence-corrected chi connectivity index (χ2v) is 7.53. The molecule has 4 nitrogen and oxygen atoms in total. The highest BCUT2D eigenvalue weighted by atomic mass is 35.5. The molecule has 5 heteroatoms. The van der Waals surface area contributed by atoms with Gasteiger partial charge in [-0.2, -0.15) is 5.10 Å². The minimum Gasteiger partial charge on any atom is -0.312 e. The van der Waals surface area contributed by atoms with E-state index in [1.165, 1.54) is 43.6 Å². The van der Waals surface area contributed by atoms with Crippen LogP contribution < -0.4 is 5.32 Å². The summed E-state index contributed by atoms with van der Waals surface area (Å²) in [6.07, 6.45) is 6.20. The number of hydrogen-bond acceptors (Lipinski definition) is 3. The van der Waals surface area contributed by atoms with Crippen LogP contribution in [-0.4, -0.2) is 40.8 Å². The molecule has 0 bridgehead atoms. The third kappa shape index (κ3) is 4.21. The Morgan fingerprint density at radius 3 is 2.76 bits per heavy atom. The first-order valence-corrected chi connectivity index (χ1v) is 8.01. The van der Waals surface area contributed by atoms with Gasteiger partial charge in [0.25, 0.3) is 0 Å². The van der Waals surface area contributed by atoms with Gasteiger partial charge in [-0.1, -0.05) is 20.8 Å². The van der Waals surface area contributed by atoms with Gasteiger partial charge in [0.15, 0.2) is 0 Å². The second-order valence-electron chi connectivity index (χ2n) is 7.53. The van der Waals surface area contributed by atoms with E-state index in [4.69, 9.17) is 0 Å². The van der Waals surface area contributed by atoms with Gasteiger partial charge in [-0.05, 0) is 38.3 Å². The van der Waals surface area contributed by atoms with Crippen LogP contribution >= 0.6 is 12.4 Å². The molecule has 0 amide bonds. The van der Waals surface area contributed by atoms with Gasteiger partial charge in [-0.15, -0.1) is 12.4 Å². The molecule has 1 aromatic heterocycles. The Morgan fingerprint density at radius 1 is 1.33 bits per heavy atom. The first-order chi connectivity index (χ1) is 9.54. The number of nitrogens with zero attached hydrogens (tertiary/aromatic N) is 2. The Morgan fingerprint density at radius 2 is 2.10 bits per heavy atom. The largest absolute Gasteiger partial charge is 0.312 e. The SMILES string of the molecule is CC(C)(C)c1[nH]ncc1CNCC1CCN(C2CC2)C1.Cl. The average Bonchev–Trinajstić information content (AvgIpc) is 2.93. The van der Waals surface area contributed by atoms with Crippen molar-refractivity contribution in [1.29, 1.82) is 0 Å². The van der Waals surface area contributed by atoms with Gasteiger partial charge in [-0.3, -0.25) is 5.10 Å². The summed E-state index contributed by atoms with van der Waals surface area (Å²) in [7, 11) is 0. The zero-order valence-electron chi connectivity index (χ0n) is 13.5. The molecule has 1 saturated carbocycles. The number of H-pyrrole nitrogens is 1. The number of aromatic amines is 1. The van der Waals surface area contributed by atoms with Crippen molar-refractivity contribution < 1.29 is 0 Å². The van der Waals surface area contributed by atoms with Crippen molar-refractivity contribution in [2.45, 2.75) is 58.0 Å². The maximum Gasteiger partial charge on any atom is 0.0535 e. The van der Waals surface area contributed by atoms with Crippen LogP contribution in [0.1, 0.15) is 51.3 Å². The average molecular weight is 313 g/mol. The van der Waals surface area contributed by atoms with E-state index in [0.29, 0.717) is 0 Å². The van der Waals surface area contributed by atoms with Crippen LogP contribution in [0, 0.1) is 5.92 Å². The summed E-state index contributed by atoms with van der Waals surface area (Å²) >= 11 is 0. The fraction of sp³-hybridized carbons (Fsp3) is 0.812. The second kappa shape index (κ2) is 6.67. The summed E-state index contributed by atoms with van der Waals surface area (Å²) in [5.74, 6) is 0.834. The molecule has 120 valence electrons. The third-order valence-electron chi connectivity index (χ3n) is 4.60. The van der Waals surface area contributed by atoms with Crippen LogP contribution in [0.3, 0.4) is 0 Å². The van der Waals surface area contributed by atoms with Crippen molar-refractivity contribution in [2.75, 3.05) is 19.6 Å². The molecule has 1 aliphatic heterocycles. The molecule has 2 fully saturated rings. The quantitative estimate of drug-likeness (QED) is 0.878. The van der Waals surface area contributed by atoms with Crippen LogP contribution in [0.15, 0.2) is 6.20 Å². The maximum absolute atomic E-state index is 4.21. The van der Waals surface area contributed by atoms with Crippen molar-refractivity contribution in [3.8, 4) is 0 Å². The zero-order valence-corrected chi connectivity index (χ0v) is 14.3. The highest BCUT2D eigenvalue weighted by molar-refractivity contribution is 5.85. The van der Waals surface area contributed by atoms with Crippen molar-refractivity contribution in [2.24, 2.45) is 5.92 Å². The van der Waals surface area contributed by atoms with Gasteiger partial charge in [-0.25, -0.2) is 0 Å². The molecule has 2 heterocycles. The Hall–Kier alpha value is -0.580. The molecule has 1 unspecified atom stereocenters. The van der Waals surface area contributed by atoms with Crippen LogP contribution in [0.5, 0.6) is 0 Å². The van der Waals surface area contributed by atoms with Gasteiger partial charge in [0.1, 0.15) is 0 Å². The van der Waals surface area contributed by atoms with E-state index >= 15 is 0 Å². The molecule has 0 radical (unpaired) electrons. The predicted molar refractivity (Wildman–Crippen MR) is 88.9 cm³/mol. The lowest BCUT2D eigenvalue weighted by Crippen LogP contribution is -2.28. The Labute approximate surface area is 134 Å². The highest BCUT2D eigenvalue weighted by Gasteiger charge is 2.34. The molecule has 0 aromatic carbocycles. The summed E-state index contributed by atoms with van der Waals surface area (Å²) in [5.41, 5.74) is 2.72.